The Hall–Kier alpha value is -1.73. The molecule has 0 aliphatic carbocycles. The molecule has 1 heterocycles. The van der Waals surface area contributed by atoms with E-state index in [-0.39, 0.29) is 6.61 Å². The number of methoxy groups -OCH3 is 1. The van der Waals surface area contributed by atoms with Crippen LogP contribution in [0, 0.1) is 0 Å². The van der Waals surface area contributed by atoms with Gasteiger partial charge in [0.15, 0.2) is 0 Å². The Bertz CT molecular complexity index is 590. The summed E-state index contributed by atoms with van der Waals surface area (Å²) < 4.78 is 5.73. The topological polar surface area (TPSA) is 75.7 Å². The Kier molecular flexibility index (Phi) is 4.74. The second-order valence-electron chi connectivity index (χ2n) is 4.80. The predicted molar refractivity (Wildman–Crippen MR) is 78.6 cm³/mol. The maximum Gasteiger partial charge on any atom is 0.331 e. The highest BCUT2D eigenvalue weighted by Crippen LogP contribution is 2.26. The minimum absolute atomic E-state index is 0.207. The van der Waals surface area contributed by atoms with Gasteiger partial charge in [-0.3, -0.25) is 19.8 Å². The Labute approximate surface area is 130 Å². The summed E-state index contributed by atoms with van der Waals surface area (Å²) in [6.45, 7) is 1.90. The van der Waals surface area contributed by atoms with Gasteiger partial charge in [0.25, 0.3) is 0 Å². The largest absolute Gasteiger partial charge is 0.383 e. The quantitative estimate of drug-likeness (QED) is 0.834. The lowest BCUT2D eigenvalue weighted by Crippen LogP contribution is -2.60. The predicted octanol–water partition coefficient (Wildman–Crippen LogP) is 1.65. The number of urea groups is 1. The first-order valence-corrected chi connectivity index (χ1v) is 7.17. The molecule has 4 amide bonds. The summed E-state index contributed by atoms with van der Waals surface area (Å²) in [7, 11) is 1.49. The van der Waals surface area contributed by atoms with E-state index >= 15 is 0 Å². The van der Waals surface area contributed by atoms with Crippen molar-refractivity contribution < 1.29 is 19.1 Å². The molecule has 1 aromatic carbocycles. The highest BCUT2D eigenvalue weighted by molar-refractivity contribution is 9.10. The molecule has 6 nitrogen and oxygen atoms in total. The van der Waals surface area contributed by atoms with Crippen LogP contribution < -0.4 is 5.32 Å². The molecule has 1 aliphatic heterocycles. The summed E-state index contributed by atoms with van der Waals surface area (Å²) in [5.41, 5.74) is 0.536. The standard InChI is InChI=1S/C14H15BrN2O4/c1-8(7-21-2)17-13(19)11(12(18)16-14(17)20)9-4-3-5-10(15)6-9/h3-6,8,11H,7H2,1-2H3,(H,16,18,20). The van der Waals surface area contributed by atoms with Gasteiger partial charge in [0.2, 0.25) is 11.8 Å². The maximum absolute atomic E-state index is 12.5. The van der Waals surface area contributed by atoms with E-state index in [1.807, 2.05) is 0 Å². The zero-order valence-corrected chi connectivity index (χ0v) is 13.2. The van der Waals surface area contributed by atoms with Crippen LogP contribution in [0.2, 0.25) is 0 Å². The summed E-state index contributed by atoms with van der Waals surface area (Å²) in [5.74, 6) is -2.17. The van der Waals surface area contributed by atoms with Crippen LogP contribution >= 0.6 is 15.9 Å². The van der Waals surface area contributed by atoms with Crippen LogP contribution in [0.25, 0.3) is 0 Å². The zero-order chi connectivity index (χ0) is 15.6. The van der Waals surface area contributed by atoms with Gasteiger partial charge in [-0.25, -0.2) is 4.79 Å². The fraction of sp³-hybridized carbons (Fsp3) is 0.357. The third kappa shape index (κ3) is 3.14. The number of carbonyl (C=O) groups excluding carboxylic acids is 3. The van der Waals surface area contributed by atoms with Crippen molar-refractivity contribution in [1.82, 2.24) is 10.2 Å². The van der Waals surface area contributed by atoms with Crippen LogP contribution in [-0.4, -0.2) is 42.5 Å². The highest BCUT2D eigenvalue weighted by Gasteiger charge is 2.43. The van der Waals surface area contributed by atoms with Gasteiger partial charge in [-0.15, -0.1) is 0 Å². The lowest BCUT2D eigenvalue weighted by Gasteiger charge is -2.34. The second kappa shape index (κ2) is 6.36. The molecule has 2 unspecified atom stereocenters. The summed E-state index contributed by atoms with van der Waals surface area (Å²) in [4.78, 5) is 37.5. The first kappa shape index (κ1) is 15.7. The number of barbiturate groups is 1. The fourth-order valence-electron chi connectivity index (χ4n) is 2.30. The number of halogens is 1. The van der Waals surface area contributed by atoms with Crippen molar-refractivity contribution in [3.8, 4) is 0 Å². The third-order valence-corrected chi connectivity index (χ3v) is 3.72. The maximum atomic E-state index is 12.5. The number of ether oxygens (including phenoxy) is 1. The van der Waals surface area contributed by atoms with Gasteiger partial charge >= 0.3 is 6.03 Å². The molecule has 2 atom stereocenters. The number of rotatable bonds is 4. The van der Waals surface area contributed by atoms with E-state index in [2.05, 4.69) is 21.2 Å². The van der Waals surface area contributed by atoms with Crippen LogP contribution in [-0.2, 0) is 14.3 Å². The molecular formula is C14H15BrN2O4. The highest BCUT2D eigenvalue weighted by atomic mass is 79.9. The number of benzene rings is 1. The van der Waals surface area contributed by atoms with E-state index in [0.29, 0.717) is 5.56 Å². The van der Waals surface area contributed by atoms with Crippen LogP contribution in [0.1, 0.15) is 18.4 Å². The summed E-state index contributed by atoms with van der Waals surface area (Å²) >= 11 is 3.31. The first-order chi connectivity index (χ1) is 9.95. The number of hydrogen-bond donors (Lipinski definition) is 1. The van der Waals surface area contributed by atoms with Gasteiger partial charge in [0, 0.05) is 11.6 Å². The normalized spacial score (nSPS) is 20.4. The van der Waals surface area contributed by atoms with Gasteiger partial charge in [-0.2, -0.15) is 0 Å². The minimum Gasteiger partial charge on any atom is -0.383 e. The van der Waals surface area contributed by atoms with Crippen molar-refractivity contribution >= 4 is 33.8 Å². The number of nitrogens with one attached hydrogen (secondary N) is 1. The molecule has 1 N–H and O–H groups in total. The smallest absolute Gasteiger partial charge is 0.331 e. The van der Waals surface area contributed by atoms with Gasteiger partial charge in [0.1, 0.15) is 5.92 Å². The van der Waals surface area contributed by atoms with Crippen molar-refractivity contribution in [3.05, 3.63) is 34.3 Å². The number of nitrogens with zero attached hydrogens (tertiary/aromatic N) is 1. The Balaban J connectivity index is 2.35. The molecule has 1 fully saturated rings. The fourth-order valence-corrected chi connectivity index (χ4v) is 2.72. The van der Waals surface area contributed by atoms with Crippen molar-refractivity contribution in [2.45, 2.75) is 18.9 Å². The lowest BCUT2D eigenvalue weighted by molar-refractivity contribution is -0.140. The Morgan fingerprint density at radius 3 is 2.71 bits per heavy atom. The van der Waals surface area contributed by atoms with E-state index in [1.165, 1.54) is 7.11 Å². The Morgan fingerprint density at radius 2 is 2.10 bits per heavy atom. The second-order valence-corrected chi connectivity index (χ2v) is 5.71. The summed E-state index contributed by atoms with van der Waals surface area (Å²) in [6.07, 6.45) is 0. The molecule has 21 heavy (non-hydrogen) atoms. The molecule has 7 heteroatoms. The van der Waals surface area contributed by atoms with Crippen LogP contribution in [0.5, 0.6) is 0 Å². The molecule has 1 aliphatic rings. The molecule has 0 spiro atoms. The molecule has 2 rings (SSSR count). The van der Waals surface area contributed by atoms with E-state index in [0.717, 1.165) is 9.37 Å². The number of imide groups is 2. The zero-order valence-electron chi connectivity index (χ0n) is 11.6. The number of hydrogen-bond acceptors (Lipinski definition) is 4. The van der Waals surface area contributed by atoms with Gasteiger partial charge in [-0.05, 0) is 24.6 Å². The number of amides is 4. The molecule has 0 aromatic heterocycles. The van der Waals surface area contributed by atoms with Crippen molar-refractivity contribution in [3.63, 3.8) is 0 Å². The Morgan fingerprint density at radius 1 is 1.38 bits per heavy atom. The molecule has 0 bridgehead atoms. The molecule has 1 saturated heterocycles. The van der Waals surface area contributed by atoms with Crippen LogP contribution in [0.15, 0.2) is 28.7 Å². The van der Waals surface area contributed by atoms with Gasteiger partial charge in [-0.1, -0.05) is 28.1 Å². The molecule has 0 saturated carbocycles. The third-order valence-electron chi connectivity index (χ3n) is 3.23. The van der Waals surface area contributed by atoms with Crippen molar-refractivity contribution in [2.24, 2.45) is 0 Å². The minimum atomic E-state index is -1.03. The molecule has 0 radical (unpaired) electrons. The van der Waals surface area contributed by atoms with Crippen molar-refractivity contribution in [1.29, 1.82) is 0 Å². The van der Waals surface area contributed by atoms with E-state index in [1.54, 1.807) is 31.2 Å². The average Bonchev–Trinajstić information content (AvgIpc) is 2.38. The average molecular weight is 355 g/mol. The van der Waals surface area contributed by atoms with Crippen LogP contribution in [0.3, 0.4) is 0 Å². The van der Waals surface area contributed by atoms with Gasteiger partial charge in [0.05, 0.1) is 12.6 Å². The summed E-state index contributed by atoms with van der Waals surface area (Å²) in [5, 5.41) is 2.22. The molecular weight excluding hydrogens is 340 g/mol. The number of carbonyl (C=O) groups is 3. The van der Waals surface area contributed by atoms with E-state index < -0.39 is 29.8 Å². The monoisotopic (exact) mass is 354 g/mol. The van der Waals surface area contributed by atoms with E-state index in [9.17, 15) is 14.4 Å². The van der Waals surface area contributed by atoms with Crippen molar-refractivity contribution in [2.75, 3.05) is 13.7 Å². The lowest BCUT2D eigenvalue weighted by atomic mass is 9.94. The van der Waals surface area contributed by atoms with Gasteiger partial charge < -0.3 is 4.74 Å². The van der Waals surface area contributed by atoms with E-state index in [4.69, 9.17) is 4.74 Å². The first-order valence-electron chi connectivity index (χ1n) is 6.38. The SMILES string of the molecule is COCC(C)N1C(=O)NC(=O)C(c2cccc(Br)c2)C1=O. The molecule has 112 valence electrons. The molecule has 1 aromatic rings. The van der Waals surface area contributed by atoms with Crippen LogP contribution in [0.4, 0.5) is 4.79 Å². The summed E-state index contributed by atoms with van der Waals surface area (Å²) in [6, 6.07) is 5.75.